The minimum atomic E-state index is -0.434. The summed E-state index contributed by atoms with van der Waals surface area (Å²) in [7, 11) is 1.87. The van der Waals surface area contributed by atoms with E-state index < -0.39 is 4.92 Å². The molecule has 0 atom stereocenters. The van der Waals surface area contributed by atoms with E-state index >= 15 is 0 Å². The number of anilines is 2. The first-order chi connectivity index (χ1) is 10.1. The van der Waals surface area contributed by atoms with Crippen LogP contribution >= 0.6 is 0 Å². The molecule has 0 aliphatic carbocycles. The van der Waals surface area contributed by atoms with Crippen molar-refractivity contribution in [3.8, 4) is 0 Å². The van der Waals surface area contributed by atoms with Crippen molar-refractivity contribution in [1.82, 2.24) is 19.7 Å². The van der Waals surface area contributed by atoms with Gasteiger partial charge >= 0.3 is 0 Å². The lowest BCUT2D eigenvalue weighted by molar-refractivity contribution is -0.384. The predicted molar refractivity (Wildman–Crippen MR) is 78.3 cm³/mol. The van der Waals surface area contributed by atoms with E-state index in [0.29, 0.717) is 31.1 Å². The Bertz CT molecular complexity index is 626. The number of nitrogens with zero attached hydrogens (tertiary/aromatic N) is 5. The van der Waals surface area contributed by atoms with Gasteiger partial charge in [-0.1, -0.05) is 0 Å². The number of nitro groups is 1. The third-order valence-electron chi connectivity index (χ3n) is 2.84. The monoisotopic (exact) mass is 291 g/mol. The summed E-state index contributed by atoms with van der Waals surface area (Å²) in [4.78, 5) is 14.8. The SMILES string of the molecule is CCNc1cc([N+](=O)[O-])cc(NCCc2nncn2C)n1. The van der Waals surface area contributed by atoms with E-state index in [1.807, 2.05) is 18.5 Å². The van der Waals surface area contributed by atoms with E-state index in [-0.39, 0.29) is 5.69 Å². The lowest BCUT2D eigenvalue weighted by Gasteiger charge is -2.08. The molecule has 0 bridgehead atoms. The summed E-state index contributed by atoms with van der Waals surface area (Å²) in [6, 6.07) is 2.83. The fraction of sp³-hybridized carbons (Fsp3) is 0.417. The molecule has 0 aromatic carbocycles. The Balaban J connectivity index is 2.04. The Morgan fingerprint density at radius 1 is 1.33 bits per heavy atom. The van der Waals surface area contributed by atoms with Crippen LogP contribution in [-0.2, 0) is 13.5 Å². The molecular formula is C12H17N7O2. The minimum Gasteiger partial charge on any atom is -0.370 e. The Morgan fingerprint density at radius 2 is 2.05 bits per heavy atom. The average molecular weight is 291 g/mol. The van der Waals surface area contributed by atoms with Gasteiger partial charge in [-0.05, 0) is 6.92 Å². The number of hydrogen-bond acceptors (Lipinski definition) is 7. The van der Waals surface area contributed by atoms with E-state index in [1.54, 1.807) is 6.33 Å². The first-order valence-electron chi connectivity index (χ1n) is 6.57. The van der Waals surface area contributed by atoms with Gasteiger partial charge in [0.15, 0.2) is 0 Å². The van der Waals surface area contributed by atoms with Gasteiger partial charge in [0.25, 0.3) is 5.69 Å². The molecule has 0 spiro atoms. The molecule has 0 saturated heterocycles. The molecule has 0 saturated carbocycles. The molecule has 9 heteroatoms. The highest BCUT2D eigenvalue weighted by Crippen LogP contribution is 2.20. The van der Waals surface area contributed by atoms with Gasteiger partial charge in [-0.3, -0.25) is 10.1 Å². The summed E-state index contributed by atoms with van der Waals surface area (Å²) in [6.45, 7) is 3.11. The number of rotatable bonds is 7. The van der Waals surface area contributed by atoms with Gasteiger partial charge in [0.1, 0.15) is 23.8 Å². The van der Waals surface area contributed by atoms with Crippen molar-refractivity contribution < 1.29 is 4.92 Å². The molecule has 21 heavy (non-hydrogen) atoms. The van der Waals surface area contributed by atoms with Gasteiger partial charge in [0, 0.05) is 26.6 Å². The molecule has 112 valence electrons. The highest BCUT2D eigenvalue weighted by atomic mass is 16.6. The van der Waals surface area contributed by atoms with E-state index in [1.165, 1.54) is 12.1 Å². The number of nitrogens with one attached hydrogen (secondary N) is 2. The lowest BCUT2D eigenvalue weighted by atomic mass is 10.3. The molecule has 2 rings (SSSR count). The van der Waals surface area contributed by atoms with Crippen LogP contribution in [0.4, 0.5) is 17.3 Å². The normalized spacial score (nSPS) is 10.4. The van der Waals surface area contributed by atoms with Crippen LogP contribution in [0.2, 0.25) is 0 Å². The molecule has 9 nitrogen and oxygen atoms in total. The topological polar surface area (TPSA) is 111 Å². The van der Waals surface area contributed by atoms with Gasteiger partial charge < -0.3 is 15.2 Å². The maximum absolute atomic E-state index is 10.9. The standard InChI is InChI=1S/C12H17N7O2/c1-3-13-10-6-9(19(20)21)7-11(16-10)14-5-4-12-17-15-8-18(12)2/h6-8H,3-5H2,1-2H3,(H2,13,14,16). The third kappa shape index (κ3) is 3.88. The molecule has 2 aromatic rings. The number of aromatic nitrogens is 4. The van der Waals surface area contributed by atoms with E-state index in [9.17, 15) is 10.1 Å². The molecule has 2 heterocycles. The summed E-state index contributed by atoms with van der Waals surface area (Å²) in [5, 5.41) is 24.7. The molecule has 0 aliphatic heterocycles. The molecule has 0 radical (unpaired) electrons. The highest BCUT2D eigenvalue weighted by molar-refractivity contribution is 5.54. The van der Waals surface area contributed by atoms with Crippen molar-refractivity contribution in [1.29, 1.82) is 0 Å². The number of pyridine rings is 1. The molecule has 0 fully saturated rings. The quantitative estimate of drug-likeness (QED) is 0.582. The second kappa shape index (κ2) is 6.64. The van der Waals surface area contributed by atoms with Crippen molar-refractivity contribution in [2.75, 3.05) is 23.7 Å². The van der Waals surface area contributed by atoms with Crippen LogP contribution in [-0.4, -0.2) is 37.8 Å². The Hall–Kier alpha value is -2.71. The molecular weight excluding hydrogens is 274 g/mol. The van der Waals surface area contributed by atoms with E-state index in [0.717, 1.165) is 5.82 Å². The van der Waals surface area contributed by atoms with Crippen LogP contribution in [0.1, 0.15) is 12.7 Å². The van der Waals surface area contributed by atoms with E-state index in [4.69, 9.17) is 0 Å². The zero-order valence-electron chi connectivity index (χ0n) is 11.9. The van der Waals surface area contributed by atoms with Gasteiger partial charge in [0.05, 0.1) is 17.1 Å². The number of aryl methyl sites for hydroxylation is 1. The largest absolute Gasteiger partial charge is 0.370 e. The van der Waals surface area contributed by atoms with Gasteiger partial charge in [0.2, 0.25) is 0 Å². The van der Waals surface area contributed by atoms with Crippen LogP contribution in [0, 0.1) is 10.1 Å². The van der Waals surface area contributed by atoms with Crippen LogP contribution in [0.3, 0.4) is 0 Å². The second-order valence-corrected chi connectivity index (χ2v) is 4.42. The second-order valence-electron chi connectivity index (χ2n) is 4.42. The zero-order valence-corrected chi connectivity index (χ0v) is 11.9. The summed E-state index contributed by atoms with van der Waals surface area (Å²) >= 11 is 0. The summed E-state index contributed by atoms with van der Waals surface area (Å²) in [5.41, 5.74) is 0.00195. The first kappa shape index (κ1) is 14.7. The Labute approximate surface area is 121 Å². The number of hydrogen-bond donors (Lipinski definition) is 2. The fourth-order valence-corrected chi connectivity index (χ4v) is 1.82. The van der Waals surface area contributed by atoms with Crippen molar-refractivity contribution in [3.63, 3.8) is 0 Å². The molecule has 2 N–H and O–H groups in total. The Kier molecular flexibility index (Phi) is 4.64. The van der Waals surface area contributed by atoms with Gasteiger partial charge in [-0.25, -0.2) is 4.98 Å². The third-order valence-corrected chi connectivity index (χ3v) is 2.84. The van der Waals surface area contributed by atoms with Crippen molar-refractivity contribution in [2.24, 2.45) is 7.05 Å². The van der Waals surface area contributed by atoms with E-state index in [2.05, 4.69) is 25.8 Å². The van der Waals surface area contributed by atoms with Crippen LogP contribution in [0.5, 0.6) is 0 Å². The fourth-order valence-electron chi connectivity index (χ4n) is 1.82. The van der Waals surface area contributed by atoms with Gasteiger partial charge in [-0.2, -0.15) is 0 Å². The first-order valence-corrected chi connectivity index (χ1v) is 6.57. The predicted octanol–water partition coefficient (Wildman–Crippen LogP) is 1.20. The minimum absolute atomic E-state index is 0.00195. The molecule has 0 unspecified atom stereocenters. The summed E-state index contributed by atoms with van der Waals surface area (Å²) < 4.78 is 1.83. The van der Waals surface area contributed by atoms with Crippen molar-refractivity contribution in [3.05, 3.63) is 34.4 Å². The summed E-state index contributed by atoms with van der Waals surface area (Å²) in [6.07, 6.45) is 2.28. The van der Waals surface area contributed by atoms with Crippen molar-refractivity contribution in [2.45, 2.75) is 13.3 Å². The molecule has 0 amide bonds. The lowest BCUT2D eigenvalue weighted by Crippen LogP contribution is -2.11. The van der Waals surface area contributed by atoms with Crippen molar-refractivity contribution >= 4 is 17.3 Å². The zero-order chi connectivity index (χ0) is 15.2. The maximum Gasteiger partial charge on any atom is 0.276 e. The smallest absolute Gasteiger partial charge is 0.276 e. The van der Waals surface area contributed by atoms with Crippen LogP contribution in [0.15, 0.2) is 18.5 Å². The molecule has 2 aromatic heterocycles. The average Bonchev–Trinajstić information content (AvgIpc) is 2.84. The summed E-state index contributed by atoms with van der Waals surface area (Å²) in [5.74, 6) is 1.77. The van der Waals surface area contributed by atoms with Gasteiger partial charge in [-0.15, -0.1) is 10.2 Å². The Morgan fingerprint density at radius 3 is 2.62 bits per heavy atom. The van der Waals surface area contributed by atoms with Crippen LogP contribution < -0.4 is 10.6 Å². The molecule has 0 aliphatic rings. The highest BCUT2D eigenvalue weighted by Gasteiger charge is 2.11. The van der Waals surface area contributed by atoms with Crippen LogP contribution in [0.25, 0.3) is 0 Å². The maximum atomic E-state index is 10.9.